The van der Waals surface area contributed by atoms with Crippen molar-refractivity contribution in [1.82, 2.24) is 4.90 Å². The monoisotopic (exact) mass is 367 g/mol. The summed E-state index contributed by atoms with van der Waals surface area (Å²) in [5.41, 5.74) is 2.47. The fourth-order valence-corrected chi connectivity index (χ4v) is 3.95. The SMILES string of the molecule is CN1CCC(C(OCCC(c2ccccc2)c2ccccc2)C(=O)O)CC1. The van der Waals surface area contributed by atoms with Gasteiger partial charge in [-0.25, -0.2) is 4.79 Å². The van der Waals surface area contributed by atoms with Crippen molar-refractivity contribution in [2.45, 2.75) is 31.3 Å². The average Bonchev–Trinajstić information content (AvgIpc) is 2.70. The zero-order valence-electron chi connectivity index (χ0n) is 16.0. The fraction of sp³-hybridized carbons (Fsp3) is 0.435. The number of hydrogen-bond donors (Lipinski definition) is 1. The van der Waals surface area contributed by atoms with Gasteiger partial charge >= 0.3 is 5.97 Å². The quantitative estimate of drug-likeness (QED) is 0.766. The number of carboxylic acid groups (broad SMARTS) is 1. The van der Waals surface area contributed by atoms with Gasteiger partial charge in [-0.2, -0.15) is 0 Å². The summed E-state index contributed by atoms with van der Waals surface area (Å²) in [4.78, 5) is 14.0. The van der Waals surface area contributed by atoms with Crippen LogP contribution in [0.5, 0.6) is 0 Å². The molecule has 1 atom stereocenters. The Bertz CT molecular complexity index is 657. The van der Waals surface area contributed by atoms with Crippen LogP contribution in [0.25, 0.3) is 0 Å². The molecule has 27 heavy (non-hydrogen) atoms. The smallest absolute Gasteiger partial charge is 0.333 e. The van der Waals surface area contributed by atoms with Crippen LogP contribution in [0.4, 0.5) is 0 Å². The standard InChI is InChI=1S/C23H29NO3/c1-24-15-12-20(13-16-24)22(23(25)26)27-17-14-21(18-8-4-2-5-9-18)19-10-6-3-7-11-19/h2-11,20-22H,12-17H2,1H3,(H,25,26). The first-order valence-corrected chi connectivity index (χ1v) is 9.78. The molecule has 1 unspecified atom stereocenters. The van der Waals surface area contributed by atoms with Gasteiger partial charge in [0.2, 0.25) is 0 Å². The van der Waals surface area contributed by atoms with Gasteiger partial charge < -0.3 is 14.7 Å². The van der Waals surface area contributed by atoms with E-state index in [9.17, 15) is 9.90 Å². The number of likely N-dealkylation sites (tertiary alicyclic amines) is 1. The van der Waals surface area contributed by atoms with Crippen molar-refractivity contribution < 1.29 is 14.6 Å². The first-order chi connectivity index (χ1) is 13.1. The van der Waals surface area contributed by atoms with Crippen LogP contribution in [-0.4, -0.2) is 48.8 Å². The van der Waals surface area contributed by atoms with Crippen molar-refractivity contribution in [3.05, 3.63) is 71.8 Å². The third-order valence-electron chi connectivity index (χ3n) is 5.54. The molecule has 1 aliphatic heterocycles. The molecule has 4 nitrogen and oxygen atoms in total. The minimum absolute atomic E-state index is 0.102. The molecule has 4 heteroatoms. The zero-order chi connectivity index (χ0) is 19.1. The van der Waals surface area contributed by atoms with E-state index in [0.29, 0.717) is 6.61 Å². The number of rotatable bonds is 8. The largest absolute Gasteiger partial charge is 0.479 e. The second-order valence-electron chi connectivity index (χ2n) is 7.43. The Labute approximate surface area is 161 Å². The Kier molecular flexibility index (Phi) is 7.02. The lowest BCUT2D eigenvalue weighted by Gasteiger charge is -2.32. The van der Waals surface area contributed by atoms with E-state index in [-0.39, 0.29) is 11.8 Å². The number of piperidine rings is 1. The second-order valence-corrected chi connectivity index (χ2v) is 7.43. The van der Waals surface area contributed by atoms with Gasteiger partial charge in [0.15, 0.2) is 6.10 Å². The summed E-state index contributed by atoms with van der Waals surface area (Å²) in [6.07, 6.45) is 1.83. The molecule has 0 spiro atoms. The van der Waals surface area contributed by atoms with Gasteiger partial charge in [0.25, 0.3) is 0 Å². The topological polar surface area (TPSA) is 49.8 Å². The second kappa shape index (κ2) is 9.67. The molecule has 0 amide bonds. The molecule has 1 N–H and O–H groups in total. The van der Waals surface area contributed by atoms with E-state index in [2.05, 4.69) is 36.2 Å². The summed E-state index contributed by atoms with van der Waals surface area (Å²) in [7, 11) is 2.08. The summed E-state index contributed by atoms with van der Waals surface area (Å²) in [5, 5.41) is 9.65. The van der Waals surface area contributed by atoms with Gasteiger partial charge in [-0.15, -0.1) is 0 Å². The fourth-order valence-electron chi connectivity index (χ4n) is 3.95. The van der Waals surface area contributed by atoms with E-state index in [1.165, 1.54) is 11.1 Å². The van der Waals surface area contributed by atoms with E-state index < -0.39 is 12.1 Å². The van der Waals surface area contributed by atoms with Crippen LogP contribution in [0.15, 0.2) is 60.7 Å². The molecule has 1 fully saturated rings. The summed E-state index contributed by atoms with van der Waals surface area (Å²) >= 11 is 0. The lowest BCUT2D eigenvalue weighted by Crippen LogP contribution is -2.40. The molecule has 0 radical (unpaired) electrons. The predicted octanol–water partition coefficient (Wildman–Crippen LogP) is 4.02. The average molecular weight is 367 g/mol. The molecule has 3 rings (SSSR count). The molecule has 1 saturated heterocycles. The van der Waals surface area contributed by atoms with Crippen LogP contribution in [0.2, 0.25) is 0 Å². The van der Waals surface area contributed by atoms with Crippen LogP contribution in [0, 0.1) is 5.92 Å². The van der Waals surface area contributed by atoms with Crippen LogP contribution < -0.4 is 0 Å². The first-order valence-electron chi connectivity index (χ1n) is 9.78. The van der Waals surface area contributed by atoms with Gasteiger partial charge in [-0.1, -0.05) is 60.7 Å². The van der Waals surface area contributed by atoms with Crippen LogP contribution >= 0.6 is 0 Å². The molecule has 0 bridgehead atoms. The highest BCUT2D eigenvalue weighted by molar-refractivity contribution is 5.72. The molecule has 2 aromatic rings. The summed E-state index contributed by atoms with van der Waals surface area (Å²) in [5.74, 6) is -0.523. The van der Waals surface area contributed by atoms with Crippen LogP contribution in [0.3, 0.4) is 0 Å². The summed E-state index contributed by atoms with van der Waals surface area (Å²) in [6.45, 7) is 2.32. The van der Waals surface area contributed by atoms with Crippen LogP contribution in [0.1, 0.15) is 36.3 Å². The first kappa shape index (κ1) is 19.6. The van der Waals surface area contributed by atoms with Gasteiger partial charge in [-0.3, -0.25) is 0 Å². The maximum atomic E-state index is 11.8. The number of carboxylic acids is 1. The Balaban J connectivity index is 1.65. The summed E-state index contributed by atoms with van der Waals surface area (Å²) < 4.78 is 5.93. The Morgan fingerprint density at radius 2 is 1.56 bits per heavy atom. The van der Waals surface area contributed by atoms with Crippen molar-refractivity contribution in [2.24, 2.45) is 5.92 Å². The molecule has 144 valence electrons. The molecular weight excluding hydrogens is 338 g/mol. The number of aliphatic carboxylic acids is 1. The van der Waals surface area contributed by atoms with E-state index in [1.807, 2.05) is 36.4 Å². The predicted molar refractivity (Wildman–Crippen MR) is 107 cm³/mol. The maximum Gasteiger partial charge on any atom is 0.333 e. The van der Waals surface area contributed by atoms with E-state index in [0.717, 1.165) is 32.4 Å². The third kappa shape index (κ3) is 5.41. The Hall–Kier alpha value is -2.17. The highest BCUT2D eigenvalue weighted by atomic mass is 16.5. The number of nitrogens with zero attached hydrogens (tertiary/aromatic N) is 1. The molecule has 0 aliphatic carbocycles. The normalized spacial score (nSPS) is 17.1. The molecule has 0 aromatic heterocycles. The Morgan fingerprint density at radius 1 is 1.04 bits per heavy atom. The Morgan fingerprint density at radius 3 is 2.04 bits per heavy atom. The maximum absolute atomic E-state index is 11.8. The van der Waals surface area contributed by atoms with Crippen molar-refractivity contribution >= 4 is 5.97 Å². The highest BCUT2D eigenvalue weighted by Gasteiger charge is 2.31. The van der Waals surface area contributed by atoms with Gasteiger partial charge in [0.1, 0.15) is 0 Å². The number of hydrogen-bond acceptors (Lipinski definition) is 3. The van der Waals surface area contributed by atoms with Crippen molar-refractivity contribution in [1.29, 1.82) is 0 Å². The number of carbonyl (C=O) groups is 1. The third-order valence-corrected chi connectivity index (χ3v) is 5.54. The van der Waals surface area contributed by atoms with Crippen molar-refractivity contribution in [3.8, 4) is 0 Å². The van der Waals surface area contributed by atoms with Gasteiger partial charge in [0.05, 0.1) is 0 Å². The lowest BCUT2D eigenvalue weighted by molar-refractivity contribution is -0.155. The zero-order valence-corrected chi connectivity index (χ0v) is 16.0. The van der Waals surface area contributed by atoms with Crippen molar-refractivity contribution in [2.75, 3.05) is 26.7 Å². The van der Waals surface area contributed by atoms with E-state index in [1.54, 1.807) is 0 Å². The number of benzene rings is 2. The lowest BCUT2D eigenvalue weighted by atomic mass is 9.88. The number of ether oxygens (including phenoxy) is 1. The minimum atomic E-state index is -0.833. The molecule has 1 heterocycles. The molecular formula is C23H29NO3. The molecule has 0 saturated carbocycles. The van der Waals surface area contributed by atoms with Gasteiger partial charge in [-0.05, 0) is 56.4 Å². The highest BCUT2D eigenvalue weighted by Crippen LogP contribution is 2.29. The molecule has 2 aromatic carbocycles. The minimum Gasteiger partial charge on any atom is -0.479 e. The van der Waals surface area contributed by atoms with Gasteiger partial charge in [0, 0.05) is 12.5 Å². The van der Waals surface area contributed by atoms with E-state index in [4.69, 9.17) is 4.74 Å². The summed E-state index contributed by atoms with van der Waals surface area (Å²) in [6, 6.07) is 20.7. The van der Waals surface area contributed by atoms with E-state index >= 15 is 0 Å². The van der Waals surface area contributed by atoms with Crippen molar-refractivity contribution in [3.63, 3.8) is 0 Å². The molecule has 1 aliphatic rings. The van der Waals surface area contributed by atoms with Crippen LogP contribution in [-0.2, 0) is 9.53 Å².